The van der Waals surface area contributed by atoms with Crippen molar-refractivity contribution in [3.05, 3.63) is 53.5 Å². The molecule has 6 nitrogen and oxygen atoms in total. The largest absolute Gasteiger partial charge is 0.372 e. The van der Waals surface area contributed by atoms with Crippen LogP contribution in [-0.4, -0.2) is 34.8 Å². The van der Waals surface area contributed by atoms with Gasteiger partial charge in [0.15, 0.2) is 0 Å². The third-order valence-corrected chi connectivity index (χ3v) is 3.06. The van der Waals surface area contributed by atoms with Crippen molar-refractivity contribution in [3.8, 4) is 0 Å². The number of pyridine rings is 1. The zero-order chi connectivity index (χ0) is 14.5. The maximum absolute atomic E-state index is 11.3. The van der Waals surface area contributed by atoms with Gasteiger partial charge >= 0.3 is 0 Å². The lowest BCUT2D eigenvalue weighted by atomic mass is 10.1. The Morgan fingerprint density at radius 2 is 1.90 bits per heavy atom. The van der Waals surface area contributed by atoms with Crippen LogP contribution in [0, 0.1) is 0 Å². The molecule has 0 unspecified atom stereocenters. The highest BCUT2D eigenvalue weighted by Crippen LogP contribution is 2.14. The number of primary amides is 2. The molecule has 20 heavy (non-hydrogen) atoms. The molecule has 2 heterocycles. The van der Waals surface area contributed by atoms with E-state index in [4.69, 9.17) is 11.5 Å². The summed E-state index contributed by atoms with van der Waals surface area (Å²) in [6, 6.07) is 3.85. The van der Waals surface area contributed by atoms with Gasteiger partial charge in [-0.3, -0.25) is 14.6 Å². The molecule has 0 bridgehead atoms. The molecule has 0 saturated carbocycles. The Bertz CT molecular complexity index is 578. The van der Waals surface area contributed by atoms with Crippen molar-refractivity contribution in [1.29, 1.82) is 0 Å². The maximum atomic E-state index is 11.3. The zero-order valence-corrected chi connectivity index (χ0v) is 11.0. The smallest absolute Gasteiger partial charge is 0.250 e. The van der Waals surface area contributed by atoms with E-state index in [-0.39, 0.29) is 0 Å². The first-order valence-electron chi connectivity index (χ1n) is 6.21. The number of carbonyl (C=O) groups is 2. The van der Waals surface area contributed by atoms with E-state index in [1.807, 2.05) is 17.0 Å². The van der Waals surface area contributed by atoms with Gasteiger partial charge < -0.3 is 16.4 Å². The molecule has 0 saturated heterocycles. The molecule has 0 radical (unpaired) electrons. The lowest BCUT2D eigenvalue weighted by molar-refractivity contribution is -0.114. The van der Waals surface area contributed by atoms with Crippen LogP contribution >= 0.6 is 0 Å². The van der Waals surface area contributed by atoms with Crippen molar-refractivity contribution in [2.24, 2.45) is 11.5 Å². The number of carbonyl (C=O) groups excluding carboxylic acids is 2. The summed E-state index contributed by atoms with van der Waals surface area (Å²) in [6.45, 7) is 1.04. The van der Waals surface area contributed by atoms with Gasteiger partial charge in [0.2, 0.25) is 11.8 Å². The molecule has 0 aromatic carbocycles. The van der Waals surface area contributed by atoms with Gasteiger partial charge in [-0.25, -0.2) is 0 Å². The summed E-state index contributed by atoms with van der Waals surface area (Å²) in [4.78, 5) is 28.4. The van der Waals surface area contributed by atoms with E-state index in [1.165, 1.54) is 6.08 Å². The second-order valence-corrected chi connectivity index (χ2v) is 4.56. The van der Waals surface area contributed by atoms with Gasteiger partial charge in [-0.1, -0.05) is 0 Å². The molecular formula is C14H16N4O2. The molecule has 6 heteroatoms. The van der Waals surface area contributed by atoms with Crippen LogP contribution in [0.4, 0.5) is 0 Å². The van der Waals surface area contributed by atoms with Crippen LogP contribution in [0.2, 0.25) is 0 Å². The fraction of sp³-hybridized carbons (Fsp3) is 0.214. The van der Waals surface area contributed by atoms with Crippen LogP contribution in [0.15, 0.2) is 47.9 Å². The summed E-state index contributed by atoms with van der Waals surface area (Å²) >= 11 is 0. The number of hydrogen-bond donors (Lipinski definition) is 2. The molecule has 2 rings (SSSR count). The van der Waals surface area contributed by atoms with Crippen LogP contribution in [0.1, 0.15) is 5.56 Å². The summed E-state index contributed by atoms with van der Waals surface area (Å²) in [5.74, 6) is -1.11. The molecule has 1 aromatic rings. The third kappa shape index (κ3) is 3.44. The lowest BCUT2D eigenvalue weighted by Gasteiger charge is -2.25. The minimum absolute atomic E-state index is 0.291. The number of amides is 2. The molecule has 1 aromatic heterocycles. The Balaban J connectivity index is 2.07. The fourth-order valence-corrected chi connectivity index (χ4v) is 1.98. The van der Waals surface area contributed by atoms with E-state index in [0.29, 0.717) is 24.2 Å². The van der Waals surface area contributed by atoms with Crippen LogP contribution in [0.25, 0.3) is 0 Å². The SMILES string of the molecule is NC(=O)C1=CN(CCc2ccncc2)CC(C(N)=O)=C1. The first-order chi connectivity index (χ1) is 9.56. The van der Waals surface area contributed by atoms with Gasteiger partial charge in [0.05, 0.1) is 5.57 Å². The highest BCUT2D eigenvalue weighted by Gasteiger charge is 2.18. The van der Waals surface area contributed by atoms with Crippen molar-refractivity contribution < 1.29 is 9.59 Å². The van der Waals surface area contributed by atoms with E-state index in [0.717, 1.165) is 12.0 Å². The number of hydrogen-bond acceptors (Lipinski definition) is 4. The number of rotatable bonds is 5. The molecule has 2 amide bonds. The average molecular weight is 272 g/mol. The van der Waals surface area contributed by atoms with Crippen molar-refractivity contribution in [1.82, 2.24) is 9.88 Å². The predicted octanol–water partition coefficient (Wildman–Crippen LogP) is -0.279. The van der Waals surface area contributed by atoms with Crippen molar-refractivity contribution in [2.75, 3.05) is 13.1 Å². The minimum Gasteiger partial charge on any atom is -0.372 e. The van der Waals surface area contributed by atoms with E-state index in [1.54, 1.807) is 18.6 Å². The predicted molar refractivity (Wildman–Crippen MR) is 74.1 cm³/mol. The second kappa shape index (κ2) is 6.01. The third-order valence-electron chi connectivity index (χ3n) is 3.06. The lowest BCUT2D eigenvalue weighted by Crippen LogP contribution is -2.33. The zero-order valence-electron chi connectivity index (χ0n) is 11.0. The van der Waals surface area contributed by atoms with Gasteiger partial charge in [-0.05, 0) is 30.2 Å². The summed E-state index contributed by atoms with van der Waals surface area (Å²) < 4.78 is 0. The quantitative estimate of drug-likeness (QED) is 0.769. The molecule has 1 aliphatic rings. The van der Waals surface area contributed by atoms with Gasteiger partial charge in [0.25, 0.3) is 0 Å². The van der Waals surface area contributed by atoms with Crippen molar-refractivity contribution >= 4 is 11.8 Å². The van der Waals surface area contributed by atoms with Crippen LogP contribution < -0.4 is 11.5 Å². The average Bonchev–Trinajstić information content (AvgIpc) is 2.45. The van der Waals surface area contributed by atoms with Crippen molar-refractivity contribution in [3.63, 3.8) is 0 Å². The molecule has 1 aliphatic heterocycles. The van der Waals surface area contributed by atoms with Crippen LogP contribution in [0.5, 0.6) is 0 Å². The van der Waals surface area contributed by atoms with Gasteiger partial charge in [0.1, 0.15) is 0 Å². The Morgan fingerprint density at radius 3 is 2.50 bits per heavy atom. The van der Waals surface area contributed by atoms with Gasteiger partial charge in [-0.2, -0.15) is 0 Å². The van der Waals surface area contributed by atoms with Crippen molar-refractivity contribution in [2.45, 2.75) is 6.42 Å². The molecule has 4 N–H and O–H groups in total. The second-order valence-electron chi connectivity index (χ2n) is 4.56. The van der Waals surface area contributed by atoms with E-state index < -0.39 is 11.8 Å². The molecular weight excluding hydrogens is 256 g/mol. The first kappa shape index (κ1) is 13.8. The Morgan fingerprint density at radius 1 is 1.20 bits per heavy atom. The molecule has 0 spiro atoms. The van der Waals surface area contributed by atoms with Crippen LogP contribution in [-0.2, 0) is 16.0 Å². The van der Waals surface area contributed by atoms with Crippen LogP contribution in [0.3, 0.4) is 0 Å². The van der Waals surface area contributed by atoms with E-state index >= 15 is 0 Å². The van der Waals surface area contributed by atoms with Gasteiger partial charge in [-0.15, -0.1) is 0 Å². The number of nitrogens with zero attached hydrogens (tertiary/aromatic N) is 2. The highest BCUT2D eigenvalue weighted by molar-refractivity contribution is 6.00. The monoisotopic (exact) mass is 272 g/mol. The normalized spacial score (nSPS) is 14.5. The summed E-state index contributed by atoms with van der Waals surface area (Å²) in [5.41, 5.74) is 12.3. The summed E-state index contributed by atoms with van der Waals surface area (Å²) in [5, 5.41) is 0. The molecule has 104 valence electrons. The number of aromatic nitrogens is 1. The summed E-state index contributed by atoms with van der Waals surface area (Å²) in [6.07, 6.45) is 7.34. The van der Waals surface area contributed by atoms with E-state index in [2.05, 4.69) is 4.98 Å². The number of nitrogens with two attached hydrogens (primary N) is 2. The molecule has 0 atom stereocenters. The Kier molecular flexibility index (Phi) is 4.14. The highest BCUT2D eigenvalue weighted by atomic mass is 16.1. The topological polar surface area (TPSA) is 102 Å². The van der Waals surface area contributed by atoms with Gasteiger partial charge in [0, 0.05) is 37.3 Å². The summed E-state index contributed by atoms with van der Waals surface area (Å²) in [7, 11) is 0. The minimum atomic E-state index is -0.572. The molecule has 0 aliphatic carbocycles. The maximum Gasteiger partial charge on any atom is 0.250 e. The Hall–Kier alpha value is -2.63. The Labute approximate surface area is 116 Å². The first-order valence-corrected chi connectivity index (χ1v) is 6.21. The standard InChI is InChI=1S/C14H16N4O2/c15-13(19)11-7-12(14(16)20)9-18(8-11)6-3-10-1-4-17-5-2-10/h1-2,4-5,7-8H,3,6,9H2,(H2,15,19)(H2,16,20). The molecule has 0 fully saturated rings. The van der Waals surface area contributed by atoms with E-state index in [9.17, 15) is 9.59 Å². The fourth-order valence-electron chi connectivity index (χ4n) is 1.98.